The van der Waals surface area contributed by atoms with E-state index in [-0.39, 0.29) is 40.2 Å². The maximum absolute atomic E-state index is 12.9. The molecule has 10 nitrogen and oxygen atoms in total. The van der Waals surface area contributed by atoms with Crippen LogP contribution in [0.15, 0.2) is 42.1 Å². The number of nitrogens with zero attached hydrogens (tertiary/aromatic N) is 3. The number of nitrogens with one attached hydrogen (secondary N) is 1. The molecule has 1 amide bonds. The van der Waals surface area contributed by atoms with Crippen LogP contribution in [0.4, 0.5) is 13.8 Å². The number of halogens is 2. The number of thioether (sulfide) groups is 1. The molecule has 2 heterocycles. The van der Waals surface area contributed by atoms with Gasteiger partial charge in [0, 0.05) is 12.1 Å². The molecule has 39 heavy (non-hydrogen) atoms. The summed E-state index contributed by atoms with van der Waals surface area (Å²) in [6.45, 7) is 6.31. The van der Waals surface area contributed by atoms with Crippen molar-refractivity contribution in [2.75, 3.05) is 24.3 Å². The molecule has 0 bridgehead atoms. The molecule has 0 atom stereocenters. The Kier molecular flexibility index (Phi) is 10.6. The van der Waals surface area contributed by atoms with Gasteiger partial charge in [0.1, 0.15) is 15.6 Å². The molecule has 0 saturated heterocycles. The maximum atomic E-state index is 12.9. The van der Waals surface area contributed by atoms with Crippen molar-refractivity contribution in [3.63, 3.8) is 0 Å². The van der Waals surface area contributed by atoms with Gasteiger partial charge in [-0.1, -0.05) is 17.8 Å². The monoisotopic (exact) mass is 580 g/mol. The number of amides is 1. The zero-order chi connectivity index (χ0) is 28.5. The number of aromatic nitrogens is 3. The normalized spacial score (nSPS) is 10.8. The molecule has 0 spiro atoms. The lowest BCUT2D eigenvalue weighted by Gasteiger charge is -2.09. The summed E-state index contributed by atoms with van der Waals surface area (Å²) < 4.78 is 41.2. The van der Waals surface area contributed by atoms with Crippen molar-refractivity contribution in [2.24, 2.45) is 0 Å². The van der Waals surface area contributed by atoms with Crippen molar-refractivity contribution >= 4 is 45.9 Å². The first-order valence-corrected chi connectivity index (χ1v) is 13.5. The van der Waals surface area contributed by atoms with Crippen molar-refractivity contribution in [3.05, 3.63) is 52.9 Å². The lowest BCUT2D eigenvalue weighted by atomic mass is 10.1. The molecule has 0 unspecified atom stereocenters. The molecule has 0 fully saturated rings. The molecular formula is C25H26F2N4O6S2. The Labute approximate surface area is 231 Å². The summed E-state index contributed by atoms with van der Waals surface area (Å²) >= 11 is 2.03. The second-order valence-corrected chi connectivity index (χ2v) is 9.61. The Hall–Kier alpha value is -3.78. The Morgan fingerprint density at radius 3 is 2.41 bits per heavy atom. The molecule has 3 rings (SSSR count). The van der Waals surface area contributed by atoms with E-state index in [0.717, 1.165) is 23.1 Å². The summed E-state index contributed by atoms with van der Waals surface area (Å²) in [6, 6.07) is 5.92. The lowest BCUT2D eigenvalue weighted by Crippen LogP contribution is -2.17. The number of ether oxygens (including phenoxy) is 3. The highest BCUT2D eigenvalue weighted by Gasteiger charge is 2.27. The fraction of sp³-hybridized carbons (Fsp3) is 0.320. The van der Waals surface area contributed by atoms with E-state index in [1.807, 2.05) is 0 Å². The van der Waals surface area contributed by atoms with Crippen molar-refractivity contribution in [3.8, 4) is 17.1 Å². The number of hydrogen-bond acceptors (Lipinski definition) is 10. The number of anilines is 1. The number of benzene rings is 1. The van der Waals surface area contributed by atoms with Gasteiger partial charge in [0.2, 0.25) is 5.91 Å². The Balaban J connectivity index is 1.78. The van der Waals surface area contributed by atoms with Crippen LogP contribution in [0.5, 0.6) is 5.75 Å². The summed E-state index contributed by atoms with van der Waals surface area (Å²) in [5, 5.41) is 11.6. The van der Waals surface area contributed by atoms with E-state index in [4.69, 9.17) is 9.47 Å². The molecule has 0 aliphatic rings. The van der Waals surface area contributed by atoms with Crippen molar-refractivity contribution in [1.82, 2.24) is 14.8 Å². The number of carbonyl (C=O) groups excluding carboxylic acids is 3. The number of rotatable bonds is 13. The highest BCUT2D eigenvalue weighted by atomic mass is 32.2. The van der Waals surface area contributed by atoms with Crippen LogP contribution in [0.1, 0.15) is 39.4 Å². The molecule has 3 aromatic rings. The van der Waals surface area contributed by atoms with E-state index in [9.17, 15) is 23.2 Å². The molecule has 1 aromatic carbocycles. The first-order valence-electron chi connectivity index (χ1n) is 11.7. The standard InChI is InChI=1S/C25H26F2N4O6S2/c1-5-12-31-20(15-8-10-16(11-9-15)37-24(26)27)29-30-25(31)38-13-17(32)28-21-18(22(33)35-6-2)14(4)19(39-21)23(34)36-7-3/h5,8-11,24H,1,6-7,12-13H2,2-4H3,(H,28,32). The molecule has 208 valence electrons. The SMILES string of the molecule is C=CCn1c(SCC(=O)Nc2sc(C(=O)OCC)c(C)c2C(=O)OCC)nnc1-c1ccc(OC(F)F)cc1. The van der Waals surface area contributed by atoms with Crippen LogP contribution in [-0.4, -0.2) is 58.2 Å². The third-order valence-electron chi connectivity index (χ3n) is 5.04. The molecule has 0 saturated carbocycles. The Morgan fingerprint density at radius 1 is 1.13 bits per heavy atom. The topological polar surface area (TPSA) is 122 Å². The number of allylic oxidation sites excluding steroid dienone is 1. The number of esters is 2. The smallest absolute Gasteiger partial charge is 0.387 e. The zero-order valence-electron chi connectivity index (χ0n) is 21.4. The number of carbonyl (C=O) groups is 3. The van der Waals surface area contributed by atoms with E-state index in [2.05, 4.69) is 26.8 Å². The summed E-state index contributed by atoms with van der Waals surface area (Å²) in [5.41, 5.74) is 1.06. The molecule has 14 heteroatoms. The number of alkyl halides is 2. The highest BCUT2D eigenvalue weighted by Crippen LogP contribution is 2.35. The molecule has 0 aliphatic heterocycles. The van der Waals surface area contributed by atoms with Gasteiger partial charge in [-0.05, 0) is 50.6 Å². The van der Waals surface area contributed by atoms with Gasteiger partial charge in [0.05, 0.1) is 24.5 Å². The van der Waals surface area contributed by atoms with Gasteiger partial charge in [-0.25, -0.2) is 9.59 Å². The average molecular weight is 581 g/mol. The fourth-order valence-electron chi connectivity index (χ4n) is 3.42. The van der Waals surface area contributed by atoms with E-state index >= 15 is 0 Å². The third kappa shape index (κ3) is 7.41. The van der Waals surface area contributed by atoms with E-state index in [1.165, 1.54) is 12.1 Å². The Morgan fingerprint density at radius 2 is 1.79 bits per heavy atom. The van der Waals surface area contributed by atoms with Gasteiger partial charge in [-0.2, -0.15) is 8.78 Å². The van der Waals surface area contributed by atoms with Crippen molar-refractivity contribution in [1.29, 1.82) is 0 Å². The minimum absolute atomic E-state index is 0.00641. The summed E-state index contributed by atoms with van der Waals surface area (Å²) in [4.78, 5) is 38.0. The van der Waals surface area contributed by atoms with Crippen LogP contribution >= 0.6 is 23.1 Å². The largest absolute Gasteiger partial charge is 0.462 e. The number of hydrogen-bond donors (Lipinski definition) is 1. The van der Waals surface area contributed by atoms with E-state index < -0.39 is 24.5 Å². The van der Waals surface area contributed by atoms with E-state index in [1.54, 1.807) is 43.5 Å². The summed E-state index contributed by atoms with van der Waals surface area (Å²) in [5.74, 6) is -1.36. The second kappa shape index (κ2) is 13.8. The van der Waals surface area contributed by atoms with Crippen LogP contribution in [0, 0.1) is 6.92 Å². The van der Waals surface area contributed by atoms with Crippen LogP contribution < -0.4 is 10.1 Å². The third-order valence-corrected chi connectivity index (χ3v) is 7.19. The van der Waals surface area contributed by atoms with Gasteiger partial charge in [-0.15, -0.1) is 28.1 Å². The average Bonchev–Trinajstić information content (AvgIpc) is 3.43. The van der Waals surface area contributed by atoms with Crippen LogP contribution in [0.2, 0.25) is 0 Å². The molecule has 2 aromatic heterocycles. The molecular weight excluding hydrogens is 554 g/mol. The lowest BCUT2D eigenvalue weighted by molar-refractivity contribution is -0.113. The predicted octanol–water partition coefficient (Wildman–Crippen LogP) is 5.19. The quantitative estimate of drug-likeness (QED) is 0.165. The van der Waals surface area contributed by atoms with Gasteiger partial charge in [0.25, 0.3) is 0 Å². The Bertz CT molecular complexity index is 1340. The van der Waals surface area contributed by atoms with Crippen molar-refractivity contribution < 1.29 is 37.4 Å². The van der Waals surface area contributed by atoms with Gasteiger partial charge >= 0.3 is 18.6 Å². The first-order chi connectivity index (χ1) is 18.7. The fourth-order valence-corrected chi connectivity index (χ4v) is 5.28. The second-order valence-electron chi connectivity index (χ2n) is 7.65. The minimum Gasteiger partial charge on any atom is -0.462 e. The summed E-state index contributed by atoms with van der Waals surface area (Å²) in [6.07, 6.45) is 1.63. The summed E-state index contributed by atoms with van der Waals surface area (Å²) in [7, 11) is 0. The van der Waals surface area contributed by atoms with Crippen molar-refractivity contribution in [2.45, 2.75) is 39.1 Å². The highest BCUT2D eigenvalue weighted by molar-refractivity contribution is 7.99. The minimum atomic E-state index is -2.93. The van der Waals surface area contributed by atoms with Gasteiger partial charge in [-0.3, -0.25) is 9.36 Å². The van der Waals surface area contributed by atoms with E-state index in [0.29, 0.717) is 28.7 Å². The number of thiophene rings is 1. The van der Waals surface area contributed by atoms with Crippen LogP contribution in [0.25, 0.3) is 11.4 Å². The van der Waals surface area contributed by atoms with Gasteiger partial charge in [0.15, 0.2) is 11.0 Å². The van der Waals surface area contributed by atoms with Crippen LogP contribution in [-0.2, 0) is 20.8 Å². The molecule has 1 N–H and O–H groups in total. The van der Waals surface area contributed by atoms with Crippen LogP contribution in [0.3, 0.4) is 0 Å². The predicted molar refractivity (Wildman–Crippen MR) is 143 cm³/mol. The van der Waals surface area contributed by atoms with Gasteiger partial charge < -0.3 is 19.5 Å². The molecule has 0 aliphatic carbocycles. The molecule has 0 radical (unpaired) electrons. The maximum Gasteiger partial charge on any atom is 0.387 e. The zero-order valence-corrected chi connectivity index (χ0v) is 23.0. The first kappa shape index (κ1) is 29.8.